The van der Waals surface area contributed by atoms with Gasteiger partial charge in [-0.1, -0.05) is 22.9 Å². The molecule has 1 aromatic carbocycles. The summed E-state index contributed by atoms with van der Waals surface area (Å²) in [6.07, 6.45) is 2.18. The fraction of sp³-hybridized carbons (Fsp3) is 0.533. The zero-order valence-corrected chi connectivity index (χ0v) is 13.2. The SMILES string of the molecule is CCN1CCC(CNC(=O)c2cc(Br)ccc2F)CC1. The molecule has 1 amide bonds. The molecular formula is C15H20BrFN2O. The van der Waals surface area contributed by atoms with E-state index in [9.17, 15) is 9.18 Å². The molecular weight excluding hydrogens is 323 g/mol. The van der Waals surface area contributed by atoms with Crippen molar-refractivity contribution in [1.29, 1.82) is 0 Å². The standard InChI is InChI=1S/C15H20BrFN2O/c1-2-19-7-5-11(6-8-19)10-18-15(20)13-9-12(16)3-4-14(13)17/h3-4,9,11H,2,5-8,10H2,1H3,(H,18,20). The number of hydrogen-bond donors (Lipinski definition) is 1. The fourth-order valence-electron chi connectivity index (χ4n) is 2.51. The fourth-order valence-corrected chi connectivity index (χ4v) is 2.87. The maximum atomic E-state index is 13.6. The number of carbonyl (C=O) groups excluding carboxylic acids is 1. The summed E-state index contributed by atoms with van der Waals surface area (Å²) < 4.78 is 14.3. The van der Waals surface area contributed by atoms with Gasteiger partial charge in [0, 0.05) is 11.0 Å². The topological polar surface area (TPSA) is 32.3 Å². The molecule has 0 unspecified atom stereocenters. The lowest BCUT2D eigenvalue weighted by Crippen LogP contribution is -2.38. The van der Waals surface area contributed by atoms with Crippen LogP contribution in [-0.4, -0.2) is 37.0 Å². The Bertz CT molecular complexity index is 473. The van der Waals surface area contributed by atoms with Crippen LogP contribution in [0.25, 0.3) is 0 Å². The molecule has 1 heterocycles. The van der Waals surface area contributed by atoms with E-state index in [4.69, 9.17) is 0 Å². The predicted octanol–water partition coefficient (Wildman–Crippen LogP) is 3.05. The molecule has 1 aliphatic heterocycles. The lowest BCUT2D eigenvalue weighted by Gasteiger charge is -2.31. The van der Waals surface area contributed by atoms with E-state index in [-0.39, 0.29) is 11.5 Å². The number of hydrogen-bond acceptors (Lipinski definition) is 2. The van der Waals surface area contributed by atoms with Crippen LogP contribution in [-0.2, 0) is 0 Å². The van der Waals surface area contributed by atoms with Crippen LogP contribution in [0.5, 0.6) is 0 Å². The Morgan fingerprint density at radius 2 is 2.15 bits per heavy atom. The van der Waals surface area contributed by atoms with Crippen LogP contribution in [0.3, 0.4) is 0 Å². The third-order valence-corrected chi connectivity index (χ3v) is 4.37. The molecule has 1 aliphatic rings. The Morgan fingerprint density at radius 3 is 2.80 bits per heavy atom. The zero-order chi connectivity index (χ0) is 14.5. The average molecular weight is 343 g/mol. The second-order valence-corrected chi connectivity index (χ2v) is 6.13. The number of nitrogens with one attached hydrogen (secondary N) is 1. The smallest absolute Gasteiger partial charge is 0.254 e. The van der Waals surface area contributed by atoms with Gasteiger partial charge in [0.25, 0.3) is 5.91 Å². The number of benzene rings is 1. The van der Waals surface area contributed by atoms with Crippen molar-refractivity contribution in [3.63, 3.8) is 0 Å². The molecule has 5 heteroatoms. The number of rotatable bonds is 4. The first kappa shape index (κ1) is 15.4. The number of likely N-dealkylation sites (tertiary alicyclic amines) is 1. The summed E-state index contributed by atoms with van der Waals surface area (Å²) in [7, 11) is 0. The van der Waals surface area contributed by atoms with Crippen molar-refractivity contribution in [2.24, 2.45) is 5.92 Å². The summed E-state index contributed by atoms with van der Waals surface area (Å²) >= 11 is 3.25. The van der Waals surface area contributed by atoms with Gasteiger partial charge in [-0.2, -0.15) is 0 Å². The maximum Gasteiger partial charge on any atom is 0.254 e. The van der Waals surface area contributed by atoms with Crippen molar-refractivity contribution < 1.29 is 9.18 Å². The molecule has 0 atom stereocenters. The van der Waals surface area contributed by atoms with E-state index in [1.807, 2.05) is 0 Å². The zero-order valence-electron chi connectivity index (χ0n) is 11.7. The van der Waals surface area contributed by atoms with Gasteiger partial charge in [0.2, 0.25) is 0 Å². The summed E-state index contributed by atoms with van der Waals surface area (Å²) in [6.45, 7) is 6.05. The molecule has 1 fully saturated rings. The van der Waals surface area contributed by atoms with Crippen LogP contribution in [0, 0.1) is 11.7 Å². The highest BCUT2D eigenvalue weighted by Gasteiger charge is 2.19. The van der Waals surface area contributed by atoms with E-state index in [1.54, 1.807) is 6.07 Å². The number of nitrogens with zero attached hydrogens (tertiary/aromatic N) is 1. The van der Waals surface area contributed by atoms with Gasteiger partial charge >= 0.3 is 0 Å². The second-order valence-electron chi connectivity index (χ2n) is 5.21. The Morgan fingerprint density at radius 1 is 1.45 bits per heavy atom. The Kier molecular flexibility index (Phi) is 5.54. The Hall–Kier alpha value is -0.940. The van der Waals surface area contributed by atoms with Gasteiger partial charge in [-0.05, 0) is 56.6 Å². The minimum absolute atomic E-state index is 0.102. The Balaban J connectivity index is 1.85. The molecule has 0 radical (unpaired) electrons. The number of piperidine rings is 1. The molecule has 0 aromatic heterocycles. The van der Waals surface area contributed by atoms with E-state index in [1.165, 1.54) is 12.1 Å². The van der Waals surface area contributed by atoms with Crippen molar-refractivity contribution in [3.05, 3.63) is 34.1 Å². The summed E-state index contributed by atoms with van der Waals surface area (Å²) in [5.74, 6) is -0.315. The van der Waals surface area contributed by atoms with Gasteiger partial charge in [0.05, 0.1) is 5.56 Å². The third kappa shape index (κ3) is 4.03. The maximum absolute atomic E-state index is 13.6. The molecule has 1 saturated heterocycles. The summed E-state index contributed by atoms with van der Waals surface area (Å²) in [6, 6.07) is 4.41. The van der Waals surface area contributed by atoms with Gasteiger partial charge in [-0.25, -0.2) is 4.39 Å². The molecule has 1 N–H and O–H groups in total. The molecule has 0 spiro atoms. The first-order valence-corrected chi connectivity index (χ1v) is 7.85. The highest BCUT2D eigenvalue weighted by atomic mass is 79.9. The van der Waals surface area contributed by atoms with Crippen molar-refractivity contribution in [1.82, 2.24) is 10.2 Å². The molecule has 0 saturated carbocycles. The normalized spacial score (nSPS) is 17.1. The van der Waals surface area contributed by atoms with E-state index in [0.717, 1.165) is 32.5 Å². The molecule has 1 aromatic rings. The van der Waals surface area contributed by atoms with Crippen molar-refractivity contribution in [2.45, 2.75) is 19.8 Å². The Labute approximate surface area is 127 Å². The summed E-state index contributed by atoms with van der Waals surface area (Å²) in [4.78, 5) is 14.4. The van der Waals surface area contributed by atoms with Crippen LogP contribution in [0.1, 0.15) is 30.1 Å². The van der Waals surface area contributed by atoms with Crippen molar-refractivity contribution >= 4 is 21.8 Å². The van der Waals surface area contributed by atoms with Crippen molar-refractivity contribution in [2.75, 3.05) is 26.2 Å². The molecule has 0 aliphatic carbocycles. The molecule has 20 heavy (non-hydrogen) atoms. The van der Waals surface area contributed by atoms with Crippen molar-refractivity contribution in [3.8, 4) is 0 Å². The van der Waals surface area contributed by atoms with E-state index >= 15 is 0 Å². The van der Waals surface area contributed by atoms with Gasteiger partial charge in [-0.15, -0.1) is 0 Å². The molecule has 3 nitrogen and oxygen atoms in total. The minimum Gasteiger partial charge on any atom is -0.352 e. The van der Waals surface area contributed by atoms with Gasteiger partial charge < -0.3 is 10.2 Å². The minimum atomic E-state index is -0.480. The lowest BCUT2D eigenvalue weighted by molar-refractivity contribution is 0.0933. The summed E-state index contributed by atoms with van der Waals surface area (Å²) in [5.41, 5.74) is 0.102. The van der Waals surface area contributed by atoms with Gasteiger partial charge in [-0.3, -0.25) is 4.79 Å². The molecule has 110 valence electrons. The van der Waals surface area contributed by atoms with Crippen LogP contribution in [0.4, 0.5) is 4.39 Å². The van der Waals surface area contributed by atoms with E-state index in [2.05, 4.69) is 33.1 Å². The van der Waals surface area contributed by atoms with E-state index in [0.29, 0.717) is 16.9 Å². The lowest BCUT2D eigenvalue weighted by atomic mass is 9.96. The highest BCUT2D eigenvalue weighted by molar-refractivity contribution is 9.10. The van der Waals surface area contributed by atoms with Gasteiger partial charge in [0.15, 0.2) is 0 Å². The van der Waals surface area contributed by atoms with E-state index < -0.39 is 5.82 Å². The quantitative estimate of drug-likeness (QED) is 0.911. The first-order chi connectivity index (χ1) is 9.60. The average Bonchev–Trinajstić information content (AvgIpc) is 2.47. The van der Waals surface area contributed by atoms with Crippen LogP contribution in [0.15, 0.2) is 22.7 Å². The van der Waals surface area contributed by atoms with Crippen LogP contribution < -0.4 is 5.32 Å². The largest absolute Gasteiger partial charge is 0.352 e. The second kappa shape index (κ2) is 7.18. The summed E-state index contributed by atoms with van der Waals surface area (Å²) in [5, 5.41) is 2.85. The molecule has 0 bridgehead atoms. The molecule has 2 rings (SSSR count). The predicted molar refractivity (Wildman–Crippen MR) is 81.3 cm³/mol. The van der Waals surface area contributed by atoms with Crippen LogP contribution in [0.2, 0.25) is 0 Å². The monoisotopic (exact) mass is 342 g/mol. The third-order valence-electron chi connectivity index (χ3n) is 3.88. The number of amides is 1. The van der Waals surface area contributed by atoms with Crippen LogP contribution >= 0.6 is 15.9 Å². The number of carbonyl (C=O) groups is 1. The first-order valence-electron chi connectivity index (χ1n) is 7.05. The van der Waals surface area contributed by atoms with Gasteiger partial charge in [0.1, 0.15) is 5.82 Å². The number of halogens is 2. The highest BCUT2D eigenvalue weighted by Crippen LogP contribution is 2.18.